The molecule has 120 valence electrons. The lowest BCUT2D eigenvalue weighted by atomic mass is 10.1. The third-order valence-corrected chi connectivity index (χ3v) is 4.49. The van der Waals surface area contributed by atoms with Gasteiger partial charge in [-0.3, -0.25) is 14.8 Å². The first-order valence-corrected chi connectivity index (χ1v) is 7.79. The zero-order chi connectivity index (χ0) is 16.6. The van der Waals surface area contributed by atoms with Crippen molar-refractivity contribution in [1.29, 1.82) is 0 Å². The fourth-order valence-electron chi connectivity index (χ4n) is 2.14. The van der Waals surface area contributed by atoms with Gasteiger partial charge < -0.3 is 10.5 Å². The Labute approximate surface area is 137 Å². The number of amides is 1. The minimum Gasteiger partial charge on any atom is -0.494 e. The molecular formula is C15H17N5O2S. The molecule has 0 fully saturated rings. The number of carbonyl (C=O) groups is 1. The third-order valence-electron chi connectivity index (χ3n) is 3.55. The monoisotopic (exact) mass is 331 g/mol. The highest BCUT2D eigenvalue weighted by Crippen LogP contribution is 2.32. The number of methoxy groups -OCH3 is 1. The number of para-hydroxylation sites is 1. The van der Waals surface area contributed by atoms with E-state index in [0.717, 1.165) is 10.2 Å². The first-order chi connectivity index (χ1) is 10.9. The van der Waals surface area contributed by atoms with Crippen LogP contribution in [-0.4, -0.2) is 27.8 Å². The number of nitrogens with one attached hydrogen (secondary N) is 1. The molecule has 7 nitrogen and oxygen atoms in total. The number of aromatic nitrogens is 3. The van der Waals surface area contributed by atoms with Crippen molar-refractivity contribution in [1.82, 2.24) is 14.8 Å². The van der Waals surface area contributed by atoms with Gasteiger partial charge in [-0.25, -0.2) is 4.98 Å². The van der Waals surface area contributed by atoms with Crippen molar-refractivity contribution in [3.63, 3.8) is 0 Å². The molecule has 23 heavy (non-hydrogen) atoms. The van der Waals surface area contributed by atoms with Crippen LogP contribution in [0.15, 0.2) is 30.6 Å². The first kappa shape index (κ1) is 15.3. The summed E-state index contributed by atoms with van der Waals surface area (Å²) in [5.41, 5.74) is 6.03. The lowest BCUT2D eigenvalue weighted by molar-refractivity contribution is -0.123. The van der Waals surface area contributed by atoms with E-state index in [-0.39, 0.29) is 5.91 Å². The number of anilines is 2. The fourth-order valence-corrected chi connectivity index (χ4v) is 3.02. The molecule has 1 amide bonds. The first-order valence-electron chi connectivity index (χ1n) is 6.97. The van der Waals surface area contributed by atoms with E-state index in [1.54, 1.807) is 27.2 Å². The molecule has 0 saturated heterocycles. The number of carbonyl (C=O) groups excluding carboxylic acids is 1. The number of nitrogens with two attached hydrogens (primary N) is 1. The van der Waals surface area contributed by atoms with Crippen molar-refractivity contribution in [2.75, 3.05) is 18.2 Å². The van der Waals surface area contributed by atoms with Gasteiger partial charge >= 0.3 is 0 Å². The molecule has 1 aromatic carbocycles. The maximum Gasteiger partial charge on any atom is 0.253 e. The number of hydrogen-bond acceptors (Lipinski definition) is 6. The zero-order valence-electron chi connectivity index (χ0n) is 13.0. The Kier molecular flexibility index (Phi) is 3.69. The predicted octanol–water partition coefficient (Wildman–Crippen LogP) is 2.46. The SMILES string of the molecule is COc1cccc2sc(NC(=O)C(C)(C)n3cc(N)cn3)nc12. The van der Waals surface area contributed by atoms with Crippen LogP contribution in [0.2, 0.25) is 0 Å². The molecule has 0 aliphatic carbocycles. The zero-order valence-corrected chi connectivity index (χ0v) is 13.8. The van der Waals surface area contributed by atoms with Gasteiger partial charge in [-0.2, -0.15) is 5.10 Å². The van der Waals surface area contributed by atoms with E-state index >= 15 is 0 Å². The average Bonchev–Trinajstić information content (AvgIpc) is 3.12. The van der Waals surface area contributed by atoms with Crippen LogP contribution in [0.1, 0.15) is 13.8 Å². The van der Waals surface area contributed by atoms with Crippen LogP contribution in [0.3, 0.4) is 0 Å². The number of ether oxygens (including phenoxy) is 1. The van der Waals surface area contributed by atoms with Crippen molar-refractivity contribution in [2.45, 2.75) is 19.4 Å². The summed E-state index contributed by atoms with van der Waals surface area (Å²) in [5.74, 6) is 0.456. The van der Waals surface area contributed by atoms with E-state index in [9.17, 15) is 4.79 Å². The maximum atomic E-state index is 12.6. The van der Waals surface area contributed by atoms with E-state index in [1.807, 2.05) is 18.2 Å². The lowest BCUT2D eigenvalue weighted by Crippen LogP contribution is -2.40. The van der Waals surface area contributed by atoms with Crippen molar-refractivity contribution >= 4 is 38.3 Å². The molecule has 2 aromatic heterocycles. The molecule has 3 N–H and O–H groups in total. The highest BCUT2D eigenvalue weighted by atomic mass is 32.1. The topological polar surface area (TPSA) is 95.1 Å². The van der Waals surface area contributed by atoms with Crippen LogP contribution in [0, 0.1) is 0 Å². The molecule has 0 spiro atoms. The van der Waals surface area contributed by atoms with E-state index in [0.29, 0.717) is 16.6 Å². The molecule has 3 aromatic rings. The Balaban J connectivity index is 1.88. The Morgan fingerprint density at radius 1 is 1.43 bits per heavy atom. The van der Waals surface area contributed by atoms with Gasteiger partial charge in [0.2, 0.25) is 0 Å². The molecular weight excluding hydrogens is 314 g/mol. The Morgan fingerprint density at radius 2 is 2.22 bits per heavy atom. The summed E-state index contributed by atoms with van der Waals surface area (Å²) in [4.78, 5) is 17.0. The third kappa shape index (κ3) is 2.72. The second-order valence-corrected chi connectivity index (χ2v) is 6.59. The second-order valence-electron chi connectivity index (χ2n) is 5.56. The second kappa shape index (κ2) is 5.54. The largest absolute Gasteiger partial charge is 0.494 e. The van der Waals surface area contributed by atoms with Crippen molar-refractivity contribution in [3.05, 3.63) is 30.6 Å². The summed E-state index contributed by atoms with van der Waals surface area (Å²) in [6, 6.07) is 5.66. The van der Waals surface area contributed by atoms with Gasteiger partial charge in [-0.15, -0.1) is 0 Å². The van der Waals surface area contributed by atoms with Gasteiger partial charge in [0.25, 0.3) is 5.91 Å². The highest BCUT2D eigenvalue weighted by Gasteiger charge is 2.31. The molecule has 0 saturated carbocycles. The van der Waals surface area contributed by atoms with Gasteiger partial charge in [-0.1, -0.05) is 17.4 Å². The molecule has 0 radical (unpaired) electrons. The Bertz CT molecular complexity index is 868. The number of benzene rings is 1. The predicted molar refractivity (Wildman–Crippen MR) is 90.8 cm³/mol. The lowest BCUT2D eigenvalue weighted by Gasteiger charge is -2.23. The van der Waals surface area contributed by atoms with Crippen LogP contribution in [0.4, 0.5) is 10.8 Å². The summed E-state index contributed by atoms with van der Waals surface area (Å²) in [6.45, 7) is 3.53. The summed E-state index contributed by atoms with van der Waals surface area (Å²) in [5, 5.41) is 7.47. The summed E-state index contributed by atoms with van der Waals surface area (Å²) in [7, 11) is 1.59. The molecule has 0 atom stereocenters. The van der Waals surface area contributed by atoms with Crippen LogP contribution in [0.5, 0.6) is 5.75 Å². The quantitative estimate of drug-likeness (QED) is 0.766. The number of hydrogen-bond donors (Lipinski definition) is 2. The Hall–Kier alpha value is -2.61. The fraction of sp³-hybridized carbons (Fsp3) is 0.267. The number of rotatable bonds is 4. The van der Waals surface area contributed by atoms with Crippen LogP contribution in [0.25, 0.3) is 10.2 Å². The minimum atomic E-state index is -0.889. The number of nitrogens with zero attached hydrogens (tertiary/aromatic N) is 3. The van der Waals surface area contributed by atoms with Gasteiger partial charge in [0, 0.05) is 6.20 Å². The van der Waals surface area contributed by atoms with Crippen molar-refractivity contribution in [2.24, 2.45) is 0 Å². The summed E-state index contributed by atoms with van der Waals surface area (Å²) < 4.78 is 7.77. The highest BCUT2D eigenvalue weighted by molar-refractivity contribution is 7.22. The van der Waals surface area contributed by atoms with Gasteiger partial charge in [0.15, 0.2) is 5.13 Å². The molecule has 0 unspecified atom stereocenters. The molecule has 8 heteroatoms. The van der Waals surface area contributed by atoms with Crippen LogP contribution >= 0.6 is 11.3 Å². The van der Waals surface area contributed by atoms with Gasteiger partial charge in [0.05, 0.1) is 23.7 Å². The van der Waals surface area contributed by atoms with E-state index in [2.05, 4.69) is 15.4 Å². The smallest absolute Gasteiger partial charge is 0.253 e. The van der Waals surface area contributed by atoms with Crippen LogP contribution in [-0.2, 0) is 10.3 Å². The maximum absolute atomic E-state index is 12.6. The van der Waals surface area contributed by atoms with E-state index < -0.39 is 5.54 Å². The molecule has 0 aliphatic heterocycles. The molecule has 2 heterocycles. The van der Waals surface area contributed by atoms with Gasteiger partial charge in [0.1, 0.15) is 16.8 Å². The molecule has 0 bridgehead atoms. The van der Waals surface area contributed by atoms with Crippen molar-refractivity contribution < 1.29 is 9.53 Å². The minimum absolute atomic E-state index is 0.223. The Morgan fingerprint density at radius 3 is 2.87 bits per heavy atom. The van der Waals surface area contributed by atoms with E-state index in [4.69, 9.17) is 10.5 Å². The summed E-state index contributed by atoms with van der Waals surface area (Å²) >= 11 is 1.39. The standard InChI is InChI=1S/C15H17N5O2S/c1-15(2,20-8-9(16)7-17-20)13(21)19-14-18-12-10(22-3)5-4-6-11(12)23-14/h4-8H,16H2,1-3H3,(H,18,19,21). The van der Waals surface area contributed by atoms with E-state index in [1.165, 1.54) is 22.2 Å². The number of nitrogen functional groups attached to an aromatic ring is 1. The summed E-state index contributed by atoms with van der Waals surface area (Å²) in [6.07, 6.45) is 3.14. The van der Waals surface area contributed by atoms with Crippen molar-refractivity contribution in [3.8, 4) is 5.75 Å². The normalized spacial score (nSPS) is 11.6. The van der Waals surface area contributed by atoms with Gasteiger partial charge in [-0.05, 0) is 26.0 Å². The molecule has 3 rings (SSSR count). The number of fused-ring (bicyclic) bond motifs is 1. The molecule has 0 aliphatic rings. The van der Waals surface area contributed by atoms with Crippen LogP contribution < -0.4 is 15.8 Å². The average molecular weight is 331 g/mol. The number of thiazole rings is 1.